The van der Waals surface area contributed by atoms with Gasteiger partial charge in [-0.2, -0.15) is 0 Å². The number of para-hydroxylation sites is 1. The molecule has 0 aliphatic heterocycles. The van der Waals surface area contributed by atoms with Gasteiger partial charge in [0.2, 0.25) is 5.91 Å². The maximum Gasteiger partial charge on any atom is 0.264 e. The summed E-state index contributed by atoms with van der Waals surface area (Å²) in [6, 6.07) is 19.9. The Morgan fingerprint density at radius 1 is 0.923 bits per heavy atom. The van der Waals surface area contributed by atoms with E-state index in [1.807, 2.05) is 0 Å². The van der Waals surface area contributed by atoms with E-state index in [0.717, 1.165) is 4.31 Å². The molecule has 7 heteroatoms. The third-order valence-electron chi connectivity index (χ3n) is 3.61. The number of carbonyl (C=O) groups is 1. The van der Waals surface area contributed by atoms with Crippen molar-refractivity contribution in [3.05, 3.63) is 85.2 Å². The second-order valence-corrected chi connectivity index (χ2v) is 7.31. The van der Waals surface area contributed by atoms with Gasteiger partial charge in [-0.15, -0.1) is 0 Å². The minimum atomic E-state index is -3.88. The van der Waals surface area contributed by atoms with Gasteiger partial charge in [0.05, 0.1) is 22.5 Å². The Kier molecular flexibility index (Phi) is 5.28. The van der Waals surface area contributed by atoms with E-state index in [1.54, 1.807) is 66.9 Å². The van der Waals surface area contributed by atoms with Gasteiger partial charge in [0.1, 0.15) is 6.54 Å². The van der Waals surface area contributed by atoms with Crippen LogP contribution in [0.15, 0.2) is 90.1 Å². The van der Waals surface area contributed by atoms with E-state index in [9.17, 15) is 13.2 Å². The lowest BCUT2D eigenvalue weighted by molar-refractivity contribution is -0.114. The van der Waals surface area contributed by atoms with Crippen LogP contribution >= 0.6 is 0 Å². The Hall–Kier alpha value is -3.19. The summed E-state index contributed by atoms with van der Waals surface area (Å²) in [4.78, 5) is 16.5. The zero-order valence-corrected chi connectivity index (χ0v) is 14.6. The molecule has 1 amide bonds. The Labute approximate surface area is 152 Å². The Morgan fingerprint density at radius 3 is 2.19 bits per heavy atom. The fraction of sp³-hybridized carbons (Fsp3) is 0.0526. The number of carbonyl (C=O) groups excluding carboxylic acids is 1. The van der Waals surface area contributed by atoms with Gasteiger partial charge < -0.3 is 5.32 Å². The topological polar surface area (TPSA) is 79.4 Å². The largest absolute Gasteiger partial charge is 0.323 e. The molecule has 1 heterocycles. The first-order valence-corrected chi connectivity index (χ1v) is 9.34. The standard InChI is InChI=1S/C19H17N3O3S/c23-19(21-16-8-7-13-20-14-16)15-22(17-9-3-1-4-10-17)26(24,25)18-11-5-2-6-12-18/h1-14H,15H2,(H,21,23). The highest BCUT2D eigenvalue weighted by molar-refractivity contribution is 7.92. The molecule has 1 aromatic heterocycles. The minimum absolute atomic E-state index is 0.123. The van der Waals surface area contributed by atoms with E-state index in [-0.39, 0.29) is 11.4 Å². The molecular weight excluding hydrogens is 350 g/mol. The first-order valence-electron chi connectivity index (χ1n) is 7.90. The third kappa shape index (κ3) is 4.07. The zero-order chi connectivity index (χ0) is 18.4. The van der Waals surface area contributed by atoms with E-state index in [1.165, 1.54) is 18.3 Å². The van der Waals surface area contributed by atoms with Gasteiger partial charge >= 0.3 is 0 Å². The van der Waals surface area contributed by atoms with Crippen molar-refractivity contribution in [1.29, 1.82) is 0 Å². The maximum absolute atomic E-state index is 13.1. The molecule has 0 aliphatic rings. The molecule has 0 saturated carbocycles. The molecule has 0 bridgehead atoms. The average Bonchev–Trinajstić information content (AvgIpc) is 2.68. The van der Waals surface area contributed by atoms with Crippen molar-refractivity contribution in [3.63, 3.8) is 0 Å². The summed E-state index contributed by atoms with van der Waals surface area (Å²) in [6.45, 7) is -0.351. The van der Waals surface area contributed by atoms with E-state index in [0.29, 0.717) is 11.4 Å². The van der Waals surface area contributed by atoms with E-state index < -0.39 is 15.9 Å². The number of benzene rings is 2. The number of nitrogens with one attached hydrogen (secondary N) is 1. The third-order valence-corrected chi connectivity index (χ3v) is 5.40. The highest BCUT2D eigenvalue weighted by atomic mass is 32.2. The normalized spacial score (nSPS) is 10.9. The summed E-state index contributed by atoms with van der Waals surface area (Å²) in [5.41, 5.74) is 0.917. The number of rotatable bonds is 6. The molecule has 0 radical (unpaired) electrons. The molecule has 0 fully saturated rings. The van der Waals surface area contributed by atoms with Crippen LogP contribution in [0, 0.1) is 0 Å². The van der Waals surface area contributed by atoms with Crippen molar-refractivity contribution >= 4 is 27.3 Å². The second kappa shape index (κ2) is 7.79. The van der Waals surface area contributed by atoms with Crippen LogP contribution in [-0.4, -0.2) is 25.9 Å². The molecule has 0 saturated heterocycles. The number of hydrogen-bond donors (Lipinski definition) is 1. The van der Waals surface area contributed by atoms with Gasteiger partial charge in [-0.1, -0.05) is 36.4 Å². The van der Waals surface area contributed by atoms with Gasteiger partial charge in [0.15, 0.2) is 0 Å². The zero-order valence-electron chi connectivity index (χ0n) is 13.8. The van der Waals surface area contributed by atoms with Crippen LogP contribution in [0.2, 0.25) is 0 Å². The summed E-state index contributed by atoms with van der Waals surface area (Å²) in [7, 11) is -3.88. The van der Waals surface area contributed by atoms with E-state index in [4.69, 9.17) is 0 Å². The number of amides is 1. The fourth-order valence-corrected chi connectivity index (χ4v) is 3.84. The molecule has 2 aromatic carbocycles. The van der Waals surface area contributed by atoms with Crippen LogP contribution in [0.3, 0.4) is 0 Å². The number of anilines is 2. The van der Waals surface area contributed by atoms with Gasteiger partial charge in [-0.3, -0.25) is 14.1 Å². The van der Waals surface area contributed by atoms with E-state index >= 15 is 0 Å². The minimum Gasteiger partial charge on any atom is -0.323 e. The molecule has 3 rings (SSSR count). The molecule has 132 valence electrons. The summed E-state index contributed by atoms with van der Waals surface area (Å²) in [5, 5.41) is 2.66. The predicted molar refractivity (Wildman–Crippen MR) is 100 cm³/mol. The molecule has 0 aliphatic carbocycles. The first kappa shape index (κ1) is 17.6. The summed E-state index contributed by atoms with van der Waals surface area (Å²) in [6.07, 6.45) is 3.09. The van der Waals surface area contributed by atoms with Crippen molar-refractivity contribution in [2.75, 3.05) is 16.2 Å². The van der Waals surface area contributed by atoms with Crippen LogP contribution in [-0.2, 0) is 14.8 Å². The molecule has 0 spiro atoms. The van der Waals surface area contributed by atoms with Gasteiger partial charge in [0.25, 0.3) is 10.0 Å². The number of hydrogen-bond acceptors (Lipinski definition) is 4. The van der Waals surface area contributed by atoms with Crippen LogP contribution in [0.5, 0.6) is 0 Å². The summed E-state index contributed by atoms with van der Waals surface area (Å²) < 4.78 is 27.2. The lowest BCUT2D eigenvalue weighted by atomic mass is 10.3. The molecule has 26 heavy (non-hydrogen) atoms. The molecular formula is C19H17N3O3S. The van der Waals surface area contributed by atoms with Crippen molar-refractivity contribution in [2.45, 2.75) is 4.90 Å². The number of sulfonamides is 1. The number of pyridine rings is 1. The number of nitrogens with zero attached hydrogens (tertiary/aromatic N) is 2. The summed E-state index contributed by atoms with van der Waals surface area (Å²) in [5.74, 6) is -0.457. The Bertz CT molecular complexity index is 963. The van der Waals surface area contributed by atoms with E-state index in [2.05, 4.69) is 10.3 Å². The summed E-state index contributed by atoms with van der Waals surface area (Å²) >= 11 is 0. The smallest absolute Gasteiger partial charge is 0.264 e. The lowest BCUT2D eigenvalue weighted by Gasteiger charge is -2.24. The molecule has 0 unspecified atom stereocenters. The second-order valence-electron chi connectivity index (χ2n) is 5.45. The SMILES string of the molecule is O=C(CN(c1ccccc1)S(=O)(=O)c1ccccc1)Nc1cccnc1. The Balaban J connectivity index is 1.91. The lowest BCUT2D eigenvalue weighted by Crippen LogP contribution is -2.38. The highest BCUT2D eigenvalue weighted by Crippen LogP contribution is 2.23. The van der Waals surface area contributed by atoms with Gasteiger partial charge in [-0.05, 0) is 36.4 Å². The average molecular weight is 367 g/mol. The van der Waals surface area contributed by atoms with Crippen molar-refractivity contribution in [3.8, 4) is 0 Å². The molecule has 3 aromatic rings. The van der Waals surface area contributed by atoms with Crippen molar-refractivity contribution < 1.29 is 13.2 Å². The molecule has 0 atom stereocenters. The quantitative estimate of drug-likeness (QED) is 0.726. The van der Waals surface area contributed by atoms with Gasteiger partial charge in [-0.25, -0.2) is 8.42 Å². The highest BCUT2D eigenvalue weighted by Gasteiger charge is 2.26. The van der Waals surface area contributed by atoms with Crippen LogP contribution in [0.25, 0.3) is 0 Å². The molecule has 6 nitrogen and oxygen atoms in total. The van der Waals surface area contributed by atoms with Gasteiger partial charge in [0, 0.05) is 6.20 Å². The number of aromatic nitrogens is 1. The van der Waals surface area contributed by atoms with Crippen LogP contribution < -0.4 is 9.62 Å². The predicted octanol–water partition coefficient (Wildman–Crippen LogP) is 2.92. The Morgan fingerprint density at radius 2 is 1.58 bits per heavy atom. The van der Waals surface area contributed by atoms with Crippen molar-refractivity contribution in [2.24, 2.45) is 0 Å². The first-order chi connectivity index (χ1) is 12.6. The van der Waals surface area contributed by atoms with Crippen LogP contribution in [0.1, 0.15) is 0 Å². The molecule has 1 N–H and O–H groups in total. The maximum atomic E-state index is 13.1. The van der Waals surface area contributed by atoms with Crippen LogP contribution in [0.4, 0.5) is 11.4 Å². The monoisotopic (exact) mass is 367 g/mol. The fourth-order valence-electron chi connectivity index (χ4n) is 2.40. The van der Waals surface area contributed by atoms with Crippen molar-refractivity contribution in [1.82, 2.24) is 4.98 Å².